The maximum atomic E-state index is 11.8. The van der Waals surface area contributed by atoms with Crippen LogP contribution in [0.4, 0.5) is 4.79 Å². The summed E-state index contributed by atoms with van der Waals surface area (Å²) < 4.78 is 4.96. The quantitative estimate of drug-likeness (QED) is 0.793. The lowest BCUT2D eigenvalue weighted by molar-refractivity contribution is 0.158. The summed E-state index contributed by atoms with van der Waals surface area (Å²) >= 11 is 0. The summed E-state index contributed by atoms with van der Waals surface area (Å²) in [6, 6.07) is 0.0182. The van der Waals surface area contributed by atoms with Crippen LogP contribution in [0.5, 0.6) is 0 Å². The fraction of sp³-hybridized carbons (Fsp3) is 0.929. The van der Waals surface area contributed by atoms with E-state index in [-0.39, 0.29) is 6.03 Å². The molecule has 0 spiro atoms. The Morgan fingerprint density at radius 2 is 1.89 bits per heavy atom. The first-order valence-corrected chi connectivity index (χ1v) is 7.15. The number of hydrogen-bond acceptors (Lipinski definition) is 2. The number of amides is 2. The number of methoxy groups -OCH3 is 1. The zero-order valence-corrected chi connectivity index (χ0v) is 12.1. The molecule has 1 rings (SSSR count). The molecule has 0 aliphatic heterocycles. The zero-order valence-electron chi connectivity index (χ0n) is 12.1. The second-order valence-electron chi connectivity index (χ2n) is 5.40. The van der Waals surface area contributed by atoms with Crippen LogP contribution in [0.3, 0.4) is 0 Å². The van der Waals surface area contributed by atoms with Crippen LogP contribution in [-0.2, 0) is 4.74 Å². The van der Waals surface area contributed by atoms with E-state index in [1.54, 1.807) is 12.0 Å². The lowest BCUT2D eigenvalue weighted by atomic mass is 9.81. The van der Waals surface area contributed by atoms with Gasteiger partial charge in [-0.3, -0.25) is 0 Å². The number of nitrogens with zero attached hydrogens (tertiary/aromatic N) is 1. The van der Waals surface area contributed by atoms with E-state index in [1.165, 1.54) is 32.1 Å². The molecule has 1 aliphatic rings. The normalized spacial score (nSPS) is 23.7. The molecule has 18 heavy (non-hydrogen) atoms. The smallest absolute Gasteiger partial charge is 0.317 e. The zero-order chi connectivity index (χ0) is 13.4. The van der Waals surface area contributed by atoms with Gasteiger partial charge in [0, 0.05) is 27.2 Å². The molecule has 0 aromatic carbocycles. The molecule has 0 heterocycles. The second-order valence-corrected chi connectivity index (χ2v) is 5.40. The van der Waals surface area contributed by atoms with Gasteiger partial charge in [-0.05, 0) is 24.7 Å². The molecule has 106 valence electrons. The summed E-state index contributed by atoms with van der Waals surface area (Å²) in [4.78, 5) is 13.5. The van der Waals surface area contributed by atoms with Crippen molar-refractivity contribution < 1.29 is 9.53 Å². The fourth-order valence-electron chi connectivity index (χ4n) is 2.54. The molecule has 1 saturated carbocycles. The molecular weight excluding hydrogens is 228 g/mol. The van der Waals surface area contributed by atoms with Crippen molar-refractivity contribution in [2.75, 3.05) is 33.9 Å². The molecule has 0 atom stereocenters. The molecule has 0 saturated heterocycles. The molecule has 2 amide bonds. The summed E-state index contributed by atoms with van der Waals surface area (Å²) in [6.45, 7) is 4.33. The molecule has 1 aliphatic carbocycles. The van der Waals surface area contributed by atoms with E-state index in [4.69, 9.17) is 4.74 Å². The van der Waals surface area contributed by atoms with Crippen LogP contribution in [0.2, 0.25) is 0 Å². The molecule has 4 nitrogen and oxygen atoms in total. The number of likely N-dealkylation sites (N-methyl/N-ethyl adjacent to an activating group) is 1. The van der Waals surface area contributed by atoms with E-state index in [0.29, 0.717) is 19.1 Å². The first-order valence-electron chi connectivity index (χ1n) is 7.15. The van der Waals surface area contributed by atoms with Gasteiger partial charge in [0.2, 0.25) is 0 Å². The fourth-order valence-corrected chi connectivity index (χ4v) is 2.54. The van der Waals surface area contributed by atoms with Gasteiger partial charge in [-0.15, -0.1) is 0 Å². The standard InChI is InChI=1S/C14H28N2O2/c1-4-12-5-7-13(8-6-12)11-15-14(17)16(2)9-10-18-3/h12-13H,4-11H2,1-3H3,(H,15,17). The van der Waals surface area contributed by atoms with Gasteiger partial charge in [-0.25, -0.2) is 4.79 Å². The average molecular weight is 256 g/mol. The Balaban J connectivity index is 2.15. The Kier molecular flexibility index (Phi) is 7.09. The number of nitrogens with one attached hydrogen (secondary N) is 1. The van der Waals surface area contributed by atoms with Gasteiger partial charge in [-0.2, -0.15) is 0 Å². The maximum Gasteiger partial charge on any atom is 0.317 e. The first-order chi connectivity index (χ1) is 8.67. The Hall–Kier alpha value is -0.770. The highest BCUT2D eigenvalue weighted by atomic mass is 16.5. The van der Waals surface area contributed by atoms with Crippen molar-refractivity contribution in [3.8, 4) is 0 Å². The van der Waals surface area contributed by atoms with E-state index in [9.17, 15) is 4.79 Å². The van der Waals surface area contributed by atoms with E-state index >= 15 is 0 Å². The number of rotatable bonds is 6. The van der Waals surface area contributed by atoms with Gasteiger partial charge in [0.1, 0.15) is 0 Å². The highest BCUT2D eigenvalue weighted by Gasteiger charge is 2.20. The summed E-state index contributed by atoms with van der Waals surface area (Å²) in [5.41, 5.74) is 0. The molecule has 0 bridgehead atoms. The minimum absolute atomic E-state index is 0.0182. The Bertz CT molecular complexity index is 238. The molecule has 0 unspecified atom stereocenters. The van der Waals surface area contributed by atoms with Crippen LogP contribution in [-0.4, -0.2) is 44.8 Å². The number of ether oxygens (including phenoxy) is 1. The van der Waals surface area contributed by atoms with Crippen molar-refractivity contribution in [3.05, 3.63) is 0 Å². The summed E-state index contributed by atoms with van der Waals surface area (Å²) in [5, 5.41) is 3.03. The topological polar surface area (TPSA) is 41.6 Å². The second kappa shape index (κ2) is 8.35. The van der Waals surface area contributed by atoms with Crippen LogP contribution < -0.4 is 5.32 Å². The van der Waals surface area contributed by atoms with Crippen molar-refractivity contribution in [1.82, 2.24) is 10.2 Å². The third kappa shape index (κ3) is 5.25. The van der Waals surface area contributed by atoms with Gasteiger partial charge >= 0.3 is 6.03 Å². The SMILES string of the molecule is CCC1CCC(CNC(=O)N(C)CCOC)CC1. The molecule has 0 aromatic rings. The van der Waals surface area contributed by atoms with Gasteiger partial charge in [0.25, 0.3) is 0 Å². The van der Waals surface area contributed by atoms with Crippen molar-refractivity contribution in [2.24, 2.45) is 11.8 Å². The monoisotopic (exact) mass is 256 g/mol. The first kappa shape index (κ1) is 15.3. The van der Waals surface area contributed by atoms with Gasteiger partial charge in [0.05, 0.1) is 6.61 Å². The van der Waals surface area contributed by atoms with E-state index in [0.717, 1.165) is 12.5 Å². The van der Waals surface area contributed by atoms with Crippen LogP contribution in [0, 0.1) is 11.8 Å². The summed E-state index contributed by atoms with van der Waals surface area (Å²) in [7, 11) is 3.46. The third-order valence-corrected chi connectivity index (χ3v) is 4.06. The summed E-state index contributed by atoms with van der Waals surface area (Å²) in [6.07, 6.45) is 6.49. The number of carbonyl (C=O) groups excluding carboxylic acids is 1. The number of urea groups is 1. The highest BCUT2D eigenvalue weighted by molar-refractivity contribution is 5.73. The van der Waals surface area contributed by atoms with Gasteiger partial charge < -0.3 is 15.0 Å². The molecule has 1 N–H and O–H groups in total. The average Bonchev–Trinajstić information content (AvgIpc) is 2.42. The van der Waals surface area contributed by atoms with Crippen LogP contribution in [0.1, 0.15) is 39.0 Å². The molecule has 0 radical (unpaired) electrons. The molecule has 1 fully saturated rings. The predicted molar refractivity (Wildman–Crippen MR) is 73.6 cm³/mol. The van der Waals surface area contributed by atoms with Crippen molar-refractivity contribution in [2.45, 2.75) is 39.0 Å². The number of carbonyl (C=O) groups is 1. The third-order valence-electron chi connectivity index (χ3n) is 4.06. The predicted octanol–water partition coefficient (Wildman–Crippen LogP) is 2.49. The van der Waals surface area contributed by atoms with E-state index in [1.807, 2.05) is 7.05 Å². The van der Waals surface area contributed by atoms with Crippen molar-refractivity contribution in [3.63, 3.8) is 0 Å². The Labute approximate surface area is 111 Å². The lowest BCUT2D eigenvalue weighted by Gasteiger charge is -2.28. The number of hydrogen-bond donors (Lipinski definition) is 1. The van der Waals surface area contributed by atoms with Crippen molar-refractivity contribution >= 4 is 6.03 Å². The minimum atomic E-state index is 0.0182. The van der Waals surface area contributed by atoms with E-state index in [2.05, 4.69) is 12.2 Å². The molecule has 4 heteroatoms. The van der Waals surface area contributed by atoms with Crippen molar-refractivity contribution in [1.29, 1.82) is 0 Å². The summed E-state index contributed by atoms with van der Waals surface area (Å²) in [5.74, 6) is 1.59. The largest absolute Gasteiger partial charge is 0.383 e. The maximum absolute atomic E-state index is 11.8. The molecular formula is C14H28N2O2. The minimum Gasteiger partial charge on any atom is -0.383 e. The molecule has 0 aromatic heterocycles. The highest BCUT2D eigenvalue weighted by Crippen LogP contribution is 2.30. The van der Waals surface area contributed by atoms with Crippen LogP contribution in [0.15, 0.2) is 0 Å². The Morgan fingerprint density at radius 1 is 1.28 bits per heavy atom. The van der Waals surface area contributed by atoms with Crippen LogP contribution in [0.25, 0.3) is 0 Å². The van der Waals surface area contributed by atoms with E-state index < -0.39 is 0 Å². The van der Waals surface area contributed by atoms with Gasteiger partial charge in [0.15, 0.2) is 0 Å². The lowest BCUT2D eigenvalue weighted by Crippen LogP contribution is -2.41. The van der Waals surface area contributed by atoms with Gasteiger partial charge in [-0.1, -0.05) is 26.2 Å². The van der Waals surface area contributed by atoms with Crippen LogP contribution >= 0.6 is 0 Å². The Morgan fingerprint density at radius 3 is 2.44 bits per heavy atom.